The van der Waals surface area contributed by atoms with E-state index in [0.29, 0.717) is 5.90 Å². The Bertz CT molecular complexity index is 1320. The molecule has 0 fully saturated rings. The van der Waals surface area contributed by atoms with Gasteiger partial charge in [0.2, 0.25) is 18.0 Å². The molecule has 1 aliphatic rings. The molecule has 5 nitrogen and oxygen atoms in total. The number of carbonyl (C=O) groups is 1. The number of hydrogen-bond donors (Lipinski definition) is 0. The monoisotopic (exact) mass is 439 g/mol. The van der Waals surface area contributed by atoms with Crippen LogP contribution in [-0.2, 0) is 9.53 Å². The molecular weight excluding hydrogens is 418 g/mol. The van der Waals surface area contributed by atoms with Crippen LogP contribution in [0.5, 0.6) is 0 Å². The number of hydrazone groups is 1. The highest BCUT2D eigenvalue weighted by Gasteiger charge is 2.34. The van der Waals surface area contributed by atoms with Crippen LogP contribution in [-0.4, -0.2) is 28.1 Å². The van der Waals surface area contributed by atoms with E-state index in [2.05, 4.69) is 5.10 Å². The Labute approximate surface area is 190 Å². The molecule has 1 amide bonds. The van der Waals surface area contributed by atoms with E-state index in [1.807, 2.05) is 91.2 Å². The van der Waals surface area contributed by atoms with Gasteiger partial charge in [-0.25, -0.2) is 4.98 Å². The number of fused-ring (bicyclic) bond motifs is 1. The Morgan fingerprint density at radius 3 is 2.38 bits per heavy atom. The van der Waals surface area contributed by atoms with Gasteiger partial charge in [0, 0.05) is 33.9 Å². The third-order valence-corrected chi connectivity index (χ3v) is 6.13. The van der Waals surface area contributed by atoms with E-state index in [9.17, 15) is 4.79 Å². The molecule has 158 valence electrons. The van der Waals surface area contributed by atoms with Gasteiger partial charge in [-0.3, -0.25) is 4.79 Å². The summed E-state index contributed by atoms with van der Waals surface area (Å²) in [5.41, 5.74) is 4.35. The van der Waals surface area contributed by atoms with Gasteiger partial charge in [-0.05, 0) is 42.7 Å². The van der Waals surface area contributed by atoms with Gasteiger partial charge in [-0.1, -0.05) is 48.5 Å². The maximum Gasteiger partial charge on any atom is 0.243 e. The number of amides is 1. The number of para-hydroxylation sites is 1. The normalized spacial score (nSPS) is 15.5. The number of nitrogens with zero attached hydrogens (tertiary/aromatic N) is 3. The number of benzene rings is 3. The van der Waals surface area contributed by atoms with Gasteiger partial charge in [0.05, 0.1) is 11.2 Å². The maximum atomic E-state index is 12.5. The molecule has 0 saturated carbocycles. The van der Waals surface area contributed by atoms with Crippen molar-refractivity contribution < 1.29 is 9.53 Å². The van der Waals surface area contributed by atoms with Gasteiger partial charge < -0.3 is 4.74 Å². The lowest BCUT2D eigenvalue weighted by Gasteiger charge is -2.21. The third-order valence-electron chi connectivity index (χ3n) is 5.39. The lowest BCUT2D eigenvalue weighted by molar-refractivity contribution is -0.135. The molecule has 1 aliphatic heterocycles. The molecule has 0 N–H and O–H groups in total. The molecular formula is C26H21N3O2S. The summed E-state index contributed by atoms with van der Waals surface area (Å²) < 4.78 is 6.30. The summed E-state index contributed by atoms with van der Waals surface area (Å²) in [5.74, 6) is 0.243. The Balaban J connectivity index is 1.61. The topological polar surface area (TPSA) is 54.8 Å². The van der Waals surface area contributed by atoms with Crippen LogP contribution in [0.4, 0.5) is 0 Å². The Morgan fingerprint density at radius 1 is 0.938 bits per heavy atom. The minimum absolute atomic E-state index is 0.187. The summed E-state index contributed by atoms with van der Waals surface area (Å²) in [4.78, 5) is 18.5. The van der Waals surface area contributed by atoms with Gasteiger partial charge in [0.25, 0.3) is 0 Å². The molecule has 0 radical (unpaired) electrons. The summed E-state index contributed by atoms with van der Waals surface area (Å²) in [6.07, 6.45) is 1.36. The van der Waals surface area contributed by atoms with Crippen LogP contribution in [0, 0.1) is 0 Å². The van der Waals surface area contributed by atoms with Crippen LogP contribution in [0.3, 0.4) is 0 Å². The largest absolute Gasteiger partial charge is 0.446 e. The zero-order chi connectivity index (χ0) is 22.1. The fraction of sp³-hybridized carbons (Fsp3) is 0.115. The number of hydrogen-bond acceptors (Lipinski definition) is 5. The molecule has 2 heterocycles. The molecule has 0 aliphatic carbocycles. The molecule has 1 atom stereocenters. The van der Waals surface area contributed by atoms with Crippen LogP contribution in [0.2, 0.25) is 0 Å². The molecule has 4 aromatic rings. The van der Waals surface area contributed by atoms with E-state index in [4.69, 9.17) is 9.72 Å². The van der Waals surface area contributed by atoms with Gasteiger partial charge in [-0.2, -0.15) is 5.01 Å². The minimum atomic E-state index is -0.668. The predicted octanol–water partition coefficient (Wildman–Crippen LogP) is 5.86. The van der Waals surface area contributed by atoms with Crippen LogP contribution >= 0.6 is 11.8 Å². The molecule has 0 spiro atoms. The fourth-order valence-corrected chi connectivity index (χ4v) is 4.19. The Hall–Kier alpha value is -3.64. The van der Waals surface area contributed by atoms with Gasteiger partial charge in [0.1, 0.15) is 0 Å². The average molecular weight is 440 g/mol. The molecule has 1 unspecified atom stereocenters. The Morgan fingerprint density at radius 2 is 1.66 bits per heavy atom. The fourth-order valence-electron chi connectivity index (χ4n) is 3.78. The predicted molar refractivity (Wildman–Crippen MR) is 128 cm³/mol. The van der Waals surface area contributed by atoms with Crippen molar-refractivity contribution in [3.8, 4) is 11.3 Å². The summed E-state index contributed by atoms with van der Waals surface area (Å²) in [7, 11) is 0. The highest BCUT2D eigenvalue weighted by molar-refractivity contribution is 7.98. The highest BCUT2D eigenvalue weighted by Crippen LogP contribution is 2.36. The number of ether oxygens (including phenoxy) is 1. The second-order valence-corrected chi connectivity index (χ2v) is 8.33. The number of rotatable bonds is 4. The SMILES string of the molecule is CSc1ccc(C2=NN(C(C)=O)C(c3cc(-c4ccccc4)nc4ccccc34)O2)cc1. The molecule has 3 aromatic carbocycles. The summed E-state index contributed by atoms with van der Waals surface area (Å²) in [6.45, 7) is 1.50. The molecule has 0 saturated heterocycles. The van der Waals surface area contributed by atoms with Crippen LogP contribution < -0.4 is 0 Å². The first-order valence-electron chi connectivity index (χ1n) is 10.3. The molecule has 0 bridgehead atoms. The van der Waals surface area contributed by atoms with Gasteiger partial charge in [-0.15, -0.1) is 16.9 Å². The van der Waals surface area contributed by atoms with Crippen molar-refractivity contribution in [3.05, 3.63) is 96.1 Å². The molecule has 5 rings (SSSR count). The smallest absolute Gasteiger partial charge is 0.243 e. The quantitative estimate of drug-likeness (QED) is 0.374. The van der Waals surface area contributed by atoms with E-state index in [0.717, 1.165) is 38.2 Å². The van der Waals surface area contributed by atoms with E-state index in [1.165, 1.54) is 11.9 Å². The van der Waals surface area contributed by atoms with Crippen molar-refractivity contribution in [2.24, 2.45) is 5.10 Å². The van der Waals surface area contributed by atoms with Crippen LogP contribution in [0.25, 0.3) is 22.2 Å². The van der Waals surface area contributed by atoms with E-state index >= 15 is 0 Å². The third kappa shape index (κ3) is 3.74. The van der Waals surface area contributed by atoms with Crippen LogP contribution in [0.15, 0.2) is 94.9 Å². The standard InChI is InChI=1S/C26H21N3O2S/c1-17(30)29-26(31-25(28-29)19-12-14-20(32-2)15-13-19)22-16-24(18-8-4-3-5-9-18)27-23-11-7-6-10-21(22)23/h3-16,26H,1-2H3. The first-order valence-corrected chi connectivity index (χ1v) is 11.5. The van der Waals surface area contributed by atoms with E-state index in [-0.39, 0.29) is 5.91 Å². The first kappa shape index (κ1) is 20.3. The number of thioether (sulfide) groups is 1. The maximum absolute atomic E-state index is 12.5. The lowest BCUT2D eigenvalue weighted by atomic mass is 10.0. The van der Waals surface area contributed by atoms with Crippen molar-refractivity contribution in [2.45, 2.75) is 18.0 Å². The average Bonchev–Trinajstić information content (AvgIpc) is 3.30. The minimum Gasteiger partial charge on any atom is -0.446 e. The van der Waals surface area contributed by atoms with Crippen molar-refractivity contribution in [1.29, 1.82) is 0 Å². The lowest BCUT2D eigenvalue weighted by Crippen LogP contribution is -2.25. The molecule has 6 heteroatoms. The van der Waals surface area contributed by atoms with E-state index in [1.54, 1.807) is 11.8 Å². The number of aromatic nitrogens is 1. The first-order chi connectivity index (χ1) is 15.6. The van der Waals surface area contributed by atoms with Crippen molar-refractivity contribution >= 4 is 34.5 Å². The van der Waals surface area contributed by atoms with Crippen LogP contribution in [0.1, 0.15) is 24.3 Å². The number of pyridine rings is 1. The summed E-state index contributed by atoms with van der Waals surface area (Å²) in [6, 6.07) is 27.9. The molecule has 1 aromatic heterocycles. The highest BCUT2D eigenvalue weighted by atomic mass is 32.2. The zero-order valence-electron chi connectivity index (χ0n) is 17.7. The number of carbonyl (C=O) groups excluding carboxylic acids is 1. The second kappa shape index (κ2) is 8.48. The zero-order valence-corrected chi connectivity index (χ0v) is 18.5. The molecule has 32 heavy (non-hydrogen) atoms. The van der Waals surface area contributed by atoms with Gasteiger partial charge >= 0.3 is 0 Å². The summed E-state index contributed by atoms with van der Waals surface area (Å²) >= 11 is 1.67. The van der Waals surface area contributed by atoms with E-state index < -0.39 is 6.23 Å². The summed E-state index contributed by atoms with van der Waals surface area (Å²) in [5, 5.41) is 6.87. The van der Waals surface area contributed by atoms with Crippen molar-refractivity contribution in [2.75, 3.05) is 6.26 Å². The van der Waals surface area contributed by atoms with Gasteiger partial charge in [0.15, 0.2) is 0 Å². The van der Waals surface area contributed by atoms with Crippen molar-refractivity contribution in [3.63, 3.8) is 0 Å². The van der Waals surface area contributed by atoms with Crippen molar-refractivity contribution in [1.82, 2.24) is 9.99 Å². The Kier molecular flexibility index (Phi) is 5.37. The second-order valence-electron chi connectivity index (χ2n) is 7.45.